The van der Waals surface area contributed by atoms with E-state index in [0.29, 0.717) is 35.6 Å². The molecule has 5 rings (SSSR count). The van der Waals surface area contributed by atoms with Crippen molar-refractivity contribution in [1.29, 1.82) is 0 Å². The maximum atomic E-state index is 12.8. The average molecular weight is 404 g/mol. The number of benzene rings is 1. The summed E-state index contributed by atoms with van der Waals surface area (Å²) in [6, 6.07) is 14.6. The van der Waals surface area contributed by atoms with Gasteiger partial charge in [-0.15, -0.1) is 0 Å². The van der Waals surface area contributed by atoms with Gasteiger partial charge >= 0.3 is 5.97 Å². The highest BCUT2D eigenvalue weighted by atomic mass is 16.7. The number of pyridine rings is 1. The molecule has 1 aromatic carbocycles. The molecule has 30 heavy (non-hydrogen) atoms. The maximum absolute atomic E-state index is 12.8. The van der Waals surface area contributed by atoms with Crippen LogP contribution in [0.25, 0.3) is 5.65 Å². The maximum Gasteiger partial charge on any atom is 0.377 e. The van der Waals surface area contributed by atoms with Gasteiger partial charge in [-0.25, -0.2) is 9.78 Å². The minimum atomic E-state index is -1.30. The van der Waals surface area contributed by atoms with Gasteiger partial charge in [-0.2, -0.15) is 0 Å². The number of aromatic nitrogens is 2. The van der Waals surface area contributed by atoms with Gasteiger partial charge in [-0.05, 0) is 43.2 Å². The van der Waals surface area contributed by atoms with Crippen LogP contribution in [0.1, 0.15) is 39.5 Å². The number of esters is 1. The normalized spacial score (nSPS) is 17.8. The van der Waals surface area contributed by atoms with Gasteiger partial charge in [0, 0.05) is 18.2 Å². The molecule has 0 fully saturated rings. The molecule has 4 aromatic rings. The Morgan fingerprint density at radius 1 is 1.23 bits per heavy atom. The lowest BCUT2D eigenvalue weighted by molar-refractivity contribution is -0.151. The molecular formula is C23H20N2O5. The number of carbonyl (C=O) groups excluding carboxylic acids is 1. The molecule has 152 valence electrons. The molecule has 1 unspecified atom stereocenters. The number of furan rings is 1. The second kappa shape index (κ2) is 7.03. The molecule has 0 saturated heterocycles. The Labute approximate surface area is 172 Å². The first kappa shape index (κ1) is 18.4. The summed E-state index contributed by atoms with van der Waals surface area (Å²) in [4.78, 5) is 17.3. The molecular weight excluding hydrogens is 384 g/mol. The molecule has 7 nitrogen and oxygen atoms in total. The van der Waals surface area contributed by atoms with E-state index >= 15 is 0 Å². The van der Waals surface area contributed by atoms with Crippen molar-refractivity contribution in [2.75, 3.05) is 0 Å². The highest BCUT2D eigenvalue weighted by Crippen LogP contribution is 2.43. The van der Waals surface area contributed by atoms with Crippen molar-refractivity contribution < 1.29 is 23.8 Å². The Morgan fingerprint density at radius 3 is 2.90 bits per heavy atom. The quantitative estimate of drug-likeness (QED) is 0.403. The van der Waals surface area contributed by atoms with Crippen molar-refractivity contribution in [2.24, 2.45) is 0 Å². The van der Waals surface area contributed by atoms with E-state index < -0.39 is 11.8 Å². The first-order chi connectivity index (χ1) is 14.6. The number of imidazole rings is 1. The third-order valence-corrected chi connectivity index (χ3v) is 5.47. The number of nitrogens with zero attached hydrogens (tertiary/aromatic N) is 2. The molecule has 0 aliphatic heterocycles. The van der Waals surface area contributed by atoms with E-state index in [1.165, 1.54) is 6.26 Å². The minimum absolute atomic E-state index is 0.111. The fourth-order valence-corrected chi connectivity index (χ4v) is 4.02. The van der Waals surface area contributed by atoms with E-state index in [0.717, 1.165) is 11.1 Å². The van der Waals surface area contributed by atoms with Crippen LogP contribution >= 0.6 is 0 Å². The van der Waals surface area contributed by atoms with Gasteiger partial charge in [0.05, 0.1) is 24.3 Å². The van der Waals surface area contributed by atoms with Crippen molar-refractivity contribution in [2.45, 2.75) is 32.2 Å². The zero-order valence-electron chi connectivity index (χ0n) is 16.4. The van der Waals surface area contributed by atoms with Gasteiger partial charge in [0.15, 0.2) is 11.4 Å². The number of hydrogen-bond acceptors (Lipinski definition) is 6. The summed E-state index contributed by atoms with van der Waals surface area (Å²) >= 11 is 0. The lowest BCUT2D eigenvalue weighted by Gasteiger charge is -2.30. The van der Waals surface area contributed by atoms with Crippen LogP contribution in [-0.2, 0) is 23.6 Å². The Bertz CT molecular complexity index is 1230. The van der Waals surface area contributed by atoms with Crippen LogP contribution in [0.2, 0.25) is 0 Å². The van der Waals surface area contributed by atoms with Gasteiger partial charge < -0.3 is 19.0 Å². The zero-order valence-corrected chi connectivity index (χ0v) is 16.4. The highest BCUT2D eigenvalue weighted by Gasteiger charge is 2.46. The van der Waals surface area contributed by atoms with E-state index in [-0.39, 0.29) is 12.4 Å². The standard InChI is InChI=1S/C23H20N2O5/c1-15-18(14-26)25-12-4-8-19(21(25)24-15)29-23(30-22(27)20-9-5-13-28-20)11-10-16-6-2-3-7-17(16)23/h2-9,12-13,26H,10-11,14H2,1H3. The number of aliphatic hydroxyl groups is 1. The average Bonchev–Trinajstić information content (AvgIpc) is 3.47. The second-order valence-electron chi connectivity index (χ2n) is 7.25. The van der Waals surface area contributed by atoms with Gasteiger partial charge in [-0.3, -0.25) is 4.40 Å². The van der Waals surface area contributed by atoms with Crippen molar-refractivity contribution in [3.8, 4) is 5.75 Å². The first-order valence-electron chi connectivity index (χ1n) is 9.73. The molecule has 1 atom stereocenters. The zero-order chi connectivity index (χ0) is 20.7. The number of rotatable bonds is 5. The number of carbonyl (C=O) groups is 1. The van der Waals surface area contributed by atoms with Crippen LogP contribution in [0, 0.1) is 6.92 Å². The largest absolute Gasteiger partial charge is 0.457 e. The molecule has 1 N–H and O–H groups in total. The number of aryl methyl sites for hydroxylation is 2. The molecule has 3 aromatic heterocycles. The van der Waals surface area contributed by atoms with Crippen LogP contribution in [-0.4, -0.2) is 20.5 Å². The summed E-state index contributed by atoms with van der Waals surface area (Å²) in [5, 5.41) is 9.70. The Balaban J connectivity index is 1.61. The Morgan fingerprint density at radius 2 is 2.10 bits per heavy atom. The summed E-state index contributed by atoms with van der Waals surface area (Å²) < 4.78 is 19.4. The van der Waals surface area contributed by atoms with E-state index in [4.69, 9.17) is 13.9 Å². The van der Waals surface area contributed by atoms with Gasteiger partial charge in [-0.1, -0.05) is 24.3 Å². The van der Waals surface area contributed by atoms with E-state index in [2.05, 4.69) is 4.98 Å². The smallest absolute Gasteiger partial charge is 0.377 e. The summed E-state index contributed by atoms with van der Waals surface area (Å²) in [5.41, 5.74) is 3.81. The predicted molar refractivity (Wildman–Crippen MR) is 107 cm³/mol. The number of hydrogen-bond donors (Lipinski definition) is 1. The third-order valence-electron chi connectivity index (χ3n) is 5.47. The fraction of sp³-hybridized carbons (Fsp3) is 0.217. The third kappa shape index (κ3) is 2.86. The monoisotopic (exact) mass is 404 g/mol. The molecule has 0 spiro atoms. The van der Waals surface area contributed by atoms with E-state index in [1.54, 1.807) is 22.6 Å². The van der Waals surface area contributed by atoms with Crippen molar-refractivity contribution >= 4 is 11.6 Å². The lowest BCUT2D eigenvalue weighted by atomic mass is 10.1. The first-order valence-corrected chi connectivity index (χ1v) is 9.73. The Kier molecular flexibility index (Phi) is 4.33. The summed E-state index contributed by atoms with van der Waals surface area (Å²) in [6.45, 7) is 1.69. The summed E-state index contributed by atoms with van der Waals surface area (Å²) in [6.07, 6.45) is 4.42. The fourth-order valence-electron chi connectivity index (χ4n) is 4.02. The lowest BCUT2D eigenvalue weighted by Crippen LogP contribution is -2.36. The molecule has 1 aliphatic carbocycles. The van der Waals surface area contributed by atoms with Crippen molar-refractivity contribution in [1.82, 2.24) is 9.38 Å². The van der Waals surface area contributed by atoms with Gasteiger partial charge in [0.1, 0.15) is 0 Å². The SMILES string of the molecule is Cc1nc2c(OC3(OC(=O)c4ccco4)CCc4ccccc43)cccn2c1CO. The summed E-state index contributed by atoms with van der Waals surface area (Å²) in [5.74, 6) is -1.33. The Hall–Kier alpha value is -3.58. The molecule has 0 radical (unpaired) electrons. The number of fused-ring (bicyclic) bond motifs is 2. The number of ether oxygens (including phenoxy) is 2. The second-order valence-corrected chi connectivity index (χ2v) is 7.25. The summed E-state index contributed by atoms with van der Waals surface area (Å²) in [7, 11) is 0. The van der Waals surface area contributed by atoms with Crippen molar-refractivity contribution in [3.63, 3.8) is 0 Å². The molecule has 3 heterocycles. The van der Waals surface area contributed by atoms with Gasteiger partial charge in [0.25, 0.3) is 5.79 Å². The molecule has 1 aliphatic rings. The van der Waals surface area contributed by atoms with Crippen molar-refractivity contribution in [3.05, 3.63) is 89.3 Å². The minimum Gasteiger partial charge on any atom is -0.457 e. The van der Waals surface area contributed by atoms with Crippen LogP contribution in [0.3, 0.4) is 0 Å². The molecule has 7 heteroatoms. The molecule has 0 saturated carbocycles. The molecule has 0 amide bonds. The van der Waals surface area contributed by atoms with Crippen LogP contribution in [0.5, 0.6) is 5.75 Å². The highest BCUT2D eigenvalue weighted by molar-refractivity contribution is 5.86. The topological polar surface area (TPSA) is 86.2 Å². The predicted octanol–water partition coefficient (Wildman–Crippen LogP) is 3.76. The van der Waals surface area contributed by atoms with E-state index in [1.807, 2.05) is 43.5 Å². The number of aliphatic hydroxyl groups excluding tert-OH is 1. The van der Waals surface area contributed by atoms with Gasteiger partial charge in [0.2, 0.25) is 5.76 Å². The van der Waals surface area contributed by atoms with E-state index in [9.17, 15) is 9.90 Å². The van der Waals surface area contributed by atoms with Crippen LogP contribution in [0.4, 0.5) is 0 Å². The van der Waals surface area contributed by atoms with Crippen LogP contribution < -0.4 is 4.74 Å². The molecule has 0 bridgehead atoms. The van der Waals surface area contributed by atoms with Crippen LogP contribution in [0.15, 0.2) is 65.4 Å².